The Morgan fingerprint density at radius 2 is 2.16 bits per heavy atom. The largest absolute Gasteiger partial charge is 0.309 e. The maximum Gasteiger partial charge on any atom is 0.150 e. The fourth-order valence-electron chi connectivity index (χ4n) is 1.89. The summed E-state index contributed by atoms with van der Waals surface area (Å²) in [5.74, 6) is 0.460. The zero-order valence-corrected chi connectivity index (χ0v) is 13.8. The van der Waals surface area contributed by atoms with Gasteiger partial charge < -0.3 is 5.32 Å². The Morgan fingerprint density at radius 1 is 1.42 bits per heavy atom. The molecule has 0 fully saturated rings. The second kappa shape index (κ2) is 7.97. The van der Waals surface area contributed by atoms with E-state index in [-0.39, 0.29) is 17.5 Å². The molecule has 1 heterocycles. The summed E-state index contributed by atoms with van der Waals surface area (Å²) >= 11 is 3.49. The molecule has 19 heavy (non-hydrogen) atoms. The molecule has 1 N–H and O–H groups in total. The van der Waals surface area contributed by atoms with E-state index in [0.717, 1.165) is 23.1 Å². The molecule has 1 unspecified atom stereocenters. The fourth-order valence-corrected chi connectivity index (χ4v) is 3.31. The molecule has 1 atom stereocenters. The molecule has 4 nitrogen and oxygen atoms in total. The van der Waals surface area contributed by atoms with Gasteiger partial charge in [-0.1, -0.05) is 13.8 Å². The summed E-state index contributed by atoms with van der Waals surface area (Å²) < 4.78 is 24.0. The first kappa shape index (κ1) is 16.6. The minimum Gasteiger partial charge on any atom is -0.309 e. The molecule has 0 aliphatic rings. The third kappa shape index (κ3) is 5.58. The van der Waals surface area contributed by atoms with Crippen LogP contribution in [0.3, 0.4) is 0 Å². The van der Waals surface area contributed by atoms with Crippen molar-refractivity contribution in [1.82, 2.24) is 10.3 Å². The van der Waals surface area contributed by atoms with Gasteiger partial charge in [-0.25, -0.2) is 8.42 Å². The number of nitrogens with one attached hydrogen (secondary N) is 1. The van der Waals surface area contributed by atoms with Crippen molar-refractivity contribution in [3.63, 3.8) is 0 Å². The number of sulfone groups is 1. The van der Waals surface area contributed by atoms with Gasteiger partial charge in [0.05, 0.1) is 17.5 Å². The van der Waals surface area contributed by atoms with Gasteiger partial charge in [0.15, 0.2) is 0 Å². The van der Waals surface area contributed by atoms with Crippen LogP contribution in [0.4, 0.5) is 0 Å². The number of hydrogen-bond donors (Lipinski definition) is 1. The van der Waals surface area contributed by atoms with E-state index in [0.29, 0.717) is 6.42 Å². The summed E-state index contributed by atoms with van der Waals surface area (Å²) in [5, 5.41) is 3.36. The lowest BCUT2D eigenvalue weighted by molar-refractivity contribution is 0.494. The first-order chi connectivity index (χ1) is 9.00. The molecular formula is C13H21BrN2O2S. The Bertz CT molecular complexity index is 491. The van der Waals surface area contributed by atoms with Crippen molar-refractivity contribution < 1.29 is 8.42 Å². The highest BCUT2D eigenvalue weighted by Gasteiger charge is 2.16. The molecule has 108 valence electrons. The van der Waals surface area contributed by atoms with Gasteiger partial charge in [0.25, 0.3) is 0 Å². The van der Waals surface area contributed by atoms with E-state index in [2.05, 4.69) is 26.2 Å². The lowest BCUT2D eigenvalue weighted by Crippen LogP contribution is -2.23. The van der Waals surface area contributed by atoms with Crippen molar-refractivity contribution in [2.45, 2.75) is 32.7 Å². The summed E-state index contributed by atoms with van der Waals surface area (Å²) in [6.45, 7) is 4.55. The third-order valence-corrected chi connectivity index (χ3v) is 5.42. The minimum absolute atomic E-state index is 0.0904. The highest BCUT2D eigenvalue weighted by Crippen LogP contribution is 2.24. The first-order valence-corrected chi connectivity index (χ1v) is 9.15. The monoisotopic (exact) mass is 348 g/mol. The molecule has 1 rings (SSSR count). The lowest BCUT2D eigenvalue weighted by Gasteiger charge is -2.18. The van der Waals surface area contributed by atoms with Crippen molar-refractivity contribution in [3.8, 4) is 0 Å². The standard InChI is InChI=1S/C13H21BrN2O2S/c1-3-15-12(8-6-10-19(17,18)4-2)13-11(14)7-5-9-16-13/h5,7,9,12,15H,3-4,6,8,10H2,1-2H3. The van der Waals surface area contributed by atoms with Crippen LogP contribution in [-0.4, -0.2) is 31.5 Å². The van der Waals surface area contributed by atoms with Crippen molar-refractivity contribution >= 4 is 25.8 Å². The van der Waals surface area contributed by atoms with Gasteiger partial charge in [0.1, 0.15) is 9.84 Å². The second-order valence-electron chi connectivity index (χ2n) is 4.36. The second-order valence-corrected chi connectivity index (χ2v) is 7.69. The molecule has 0 aliphatic carbocycles. The highest BCUT2D eigenvalue weighted by atomic mass is 79.9. The summed E-state index contributed by atoms with van der Waals surface area (Å²) in [6.07, 6.45) is 3.17. The molecule has 0 amide bonds. The molecule has 0 radical (unpaired) electrons. The average Bonchev–Trinajstić information content (AvgIpc) is 2.38. The first-order valence-electron chi connectivity index (χ1n) is 6.54. The molecule has 0 aromatic carbocycles. The van der Waals surface area contributed by atoms with E-state index < -0.39 is 9.84 Å². The summed E-state index contributed by atoms with van der Waals surface area (Å²) in [5.41, 5.74) is 0.943. The maximum atomic E-state index is 11.5. The molecule has 0 saturated carbocycles. The van der Waals surface area contributed by atoms with Crippen LogP contribution in [0.1, 0.15) is 38.4 Å². The third-order valence-electron chi connectivity index (χ3n) is 2.96. The number of nitrogens with zero attached hydrogens (tertiary/aromatic N) is 1. The SMILES string of the molecule is CCNC(CCCS(=O)(=O)CC)c1ncccc1Br. The zero-order valence-electron chi connectivity index (χ0n) is 11.4. The van der Waals surface area contributed by atoms with E-state index >= 15 is 0 Å². The fraction of sp³-hybridized carbons (Fsp3) is 0.615. The van der Waals surface area contributed by atoms with Gasteiger partial charge in [-0.2, -0.15) is 0 Å². The van der Waals surface area contributed by atoms with Gasteiger partial charge in [0.2, 0.25) is 0 Å². The predicted molar refractivity (Wildman–Crippen MR) is 81.9 cm³/mol. The maximum absolute atomic E-state index is 11.5. The number of hydrogen-bond acceptors (Lipinski definition) is 4. The van der Waals surface area contributed by atoms with Crippen molar-refractivity contribution in [2.24, 2.45) is 0 Å². The smallest absolute Gasteiger partial charge is 0.150 e. The van der Waals surface area contributed by atoms with E-state index in [1.807, 2.05) is 19.1 Å². The van der Waals surface area contributed by atoms with Crippen LogP contribution in [0.15, 0.2) is 22.8 Å². The summed E-state index contributed by atoms with van der Waals surface area (Å²) in [4.78, 5) is 4.37. The average molecular weight is 349 g/mol. The van der Waals surface area contributed by atoms with Crippen LogP contribution in [0, 0.1) is 0 Å². The molecule has 1 aromatic rings. The Hall–Kier alpha value is -0.460. The van der Waals surface area contributed by atoms with Crippen LogP contribution in [0.2, 0.25) is 0 Å². The van der Waals surface area contributed by atoms with Crippen LogP contribution in [0.5, 0.6) is 0 Å². The van der Waals surface area contributed by atoms with Gasteiger partial charge in [-0.3, -0.25) is 4.98 Å². The zero-order chi connectivity index (χ0) is 14.3. The molecule has 6 heteroatoms. The Morgan fingerprint density at radius 3 is 2.74 bits per heavy atom. The van der Waals surface area contributed by atoms with Crippen LogP contribution in [0.25, 0.3) is 0 Å². The Kier molecular flexibility index (Phi) is 6.96. The Labute approximate surface area is 124 Å². The molecule has 0 aliphatic heterocycles. The van der Waals surface area contributed by atoms with E-state index in [4.69, 9.17) is 0 Å². The molecule has 1 aromatic heterocycles. The van der Waals surface area contributed by atoms with Crippen molar-refractivity contribution in [2.75, 3.05) is 18.1 Å². The van der Waals surface area contributed by atoms with Gasteiger partial charge in [0, 0.05) is 16.4 Å². The number of aromatic nitrogens is 1. The minimum atomic E-state index is -2.88. The Balaban J connectivity index is 2.67. The molecule has 0 bridgehead atoms. The van der Waals surface area contributed by atoms with E-state index in [1.54, 1.807) is 13.1 Å². The van der Waals surface area contributed by atoms with Gasteiger partial charge in [-0.05, 0) is 47.4 Å². The molecule has 0 saturated heterocycles. The van der Waals surface area contributed by atoms with Crippen LogP contribution >= 0.6 is 15.9 Å². The van der Waals surface area contributed by atoms with E-state index in [9.17, 15) is 8.42 Å². The van der Waals surface area contributed by atoms with Crippen LogP contribution in [-0.2, 0) is 9.84 Å². The lowest BCUT2D eigenvalue weighted by atomic mass is 10.1. The highest BCUT2D eigenvalue weighted by molar-refractivity contribution is 9.10. The normalized spacial score (nSPS) is 13.4. The molecular weight excluding hydrogens is 328 g/mol. The van der Waals surface area contributed by atoms with Gasteiger partial charge in [-0.15, -0.1) is 0 Å². The number of halogens is 1. The van der Waals surface area contributed by atoms with Crippen molar-refractivity contribution in [3.05, 3.63) is 28.5 Å². The summed E-state index contributed by atoms with van der Waals surface area (Å²) in [6, 6.07) is 3.92. The number of rotatable bonds is 8. The van der Waals surface area contributed by atoms with Crippen LogP contribution < -0.4 is 5.32 Å². The topological polar surface area (TPSA) is 59.1 Å². The van der Waals surface area contributed by atoms with Crippen molar-refractivity contribution in [1.29, 1.82) is 0 Å². The van der Waals surface area contributed by atoms with Gasteiger partial charge >= 0.3 is 0 Å². The quantitative estimate of drug-likeness (QED) is 0.784. The molecule has 0 spiro atoms. The summed E-state index contributed by atoms with van der Waals surface area (Å²) in [7, 11) is -2.88. The predicted octanol–water partition coefficient (Wildman–Crippen LogP) is 2.71. The van der Waals surface area contributed by atoms with E-state index in [1.165, 1.54) is 0 Å². The number of pyridine rings is 1.